The van der Waals surface area contributed by atoms with Gasteiger partial charge in [-0.25, -0.2) is 9.97 Å². The average Bonchev–Trinajstić information content (AvgIpc) is 2.73. The van der Waals surface area contributed by atoms with E-state index in [1.165, 1.54) is 11.3 Å². The lowest BCUT2D eigenvalue weighted by Crippen LogP contribution is -2.22. The molecule has 0 spiro atoms. The normalized spacial score (nSPS) is 11.8. The van der Waals surface area contributed by atoms with Gasteiger partial charge in [0.05, 0.1) is 5.69 Å². The van der Waals surface area contributed by atoms with Gasteiger partial charge in [0.2, 0.25) is 0 Å². The monoisotopic (exact) mass is 313 g/mol. The van der Waals surface area contributed by atoms with E-state index >= 15 is 0 Å². The van der Waals surface area contributed by atoms with Crippen LogP contribution >= 0.6 is 27.3 Å². The smallest absolute Gasteiger partial charge is 0.265 e. The minimum absolute atomic E-state index is 0.171. The molecule has 4 nitrogen and oxygen atoms in total. The second kappa shape index (κ2) is 4.34. The van der Waals surface area contributed by atoms with Crippen molar-refractivity contribution in [1.29, 1.82) is 0 Å². The fraction of sp³-hybridized carbons (Fsp3) is 0.364. The molecule has 0 saturated heterocycles. The first-order valence-corrected chi connectivity index (χ1v) is 6.77. The Bertz CT molecular complexity index is 584. The zero-order chi connectivity index (χ0) is 12.6. The highest BCUT2D eigenvalue weighted by molar-refractivity contribution is 9.10. The molecule has 2 heterocycles. The van der Waals surface area contributed by atoms with Crippen molar-refractivity contribution < 1.29 is 0 Å². The second-order valence-electron chi connectivity index (χ2n) is 4.66. The molecule has 0 amide bonds. The zero-order valence-electron chi connectivity index (χ0n) is 9.74. The van der Waals surface area contributed by atoms with Gasteiger partial charge in [-0.15, -0.1) is 11.3 Å². The first-order chi connectivity index (χ1) is 7.89. The van der Waals surface area contributed by atoms with Gasteiger partial charge in [-0.2, -0.15) is 0 Å². The van der Waals surface area contributed by atoms with Crippen molar-refractivity contribution in [3.63, 3.8) is 0 Å². The van der Waals surface area contributed by atoms with Gasteiger partial charge in [-0.3, -0.25) is 4.79 Å². The third kappa shape index (κ3) is 2.47. The summed E-state index contributed by atoms with van der Waals surface area (Å²) in [7, 11) is 0. The van der Waals surface area contributed by atoms with Gasteiger partial charge in [-0.1, -0.05) is 20.8 Å². The number of hydrogen-bond donors (Lipinski definition) is 1. The van der Waals surface area contributed by atoms with Gasteiger partial charge in [0.25, 0.3) is 5.56 Å². The highest BCUT2D eigenvalue weighted by Gasteiger charge is 2.22. The Morgan fingerprint density at radius 3 is 2.65 bits per heavy atom. The van der Waals surface area contributed by atoms with E-state index in [0.29, 0.717) is 10.3 Å². The molecule has 2 rings (SSSR count). The van der Waals surface area contributed by atoms with Crippen LogP contribution in [-0.2, 0) is 5.41 Å². The number of nitrogens with one attached hydrogen (secondary N) is 1. The first-order valence-electron chi connectivity index (χ1n) is 5.10. The summed E-state index contributed by atoms with van der Waals surface area (Å²) >= 11 is 4.74. The van der Waals surface area contributed by atoms with E-state index in [-0.39, 0.29) is 11.0 Å². The molecule has 6 heteroatoms. The van der Waals surface area contributed by atoms with E-state index in [9.17, 15) is 4.79 Å². The molecule has 0 saturated carbocycles. The van der Waals surface area contributed by atoms with Gasteiger partial charge in [0.15, 0.2) is 10.8 Å². The SMILES string of the molecule is CC(C)(C)c1nc(-c2nccs2)[nH]c(=O)c1Br. The number of halogens is 1. The molecule has 0 aromatic carbocycles. The van der Waals surface area contributed by atoms with E-state index in [4.69, 9.17) is 0 Å². The molecule has 0 aliphatic heterocycles. The van der Waals surface area contributed by atoms with Crippen molar-refractivity contribution in [2.45, 2.75) is 26.2 Å². The molecule has 2 aromatic rings. The van der Waals surface area contributed by atoms with Crippen molar-refractivity contribution in [3.05, 3.63) is 32.1 Å². The van der Waals surface area contributed by atoms with E-state index in [0.717, 1.165) is 10.7 Å². The molecule has 0 radical (unpaired) electrons. The van der Waals surface area contributed by atoms with Crippen LogP contribution in [-0.4, -0.2) is 15.0 Å². The first kappa shape index (κ1) is 12.4. The van der Waals surface area contributed by atoms with Gasteiger partial charge in [0.1, 0.15) is 4.47 Å². The maximum atomic E-state index is 11.8. The summed E-state index contributed by atoms with van der Waals surface area (Å²) in [6.45, 7) is 6.06. The van der Waals surface area contributed by atoms with Gasteiger partial charge in [-0.05, 0) is 15.9 Å². The number of aromatic nitrogens is 3. The van der Waals surface area contributed by atoms with E-state index < -0.39 is 0 Å². The average molecular weight is 314 g/mol. The van der Waals surface area contributed by atoms with Crippen LogP contribution in [0.5, 0.6) is 0 Å². The Morgan fingerprint density at radius 2 is 2.12 bits per heavy atom. The highest BCUT2D eigenvalue weighted by atomic mass is 79.9. The molecule has 0 aliphatic rings. The summed E-state index contributed by atoms with van der Waals surface area (Å²) in [6.07, 6.45) is 1.69. The number of nitrogens with zero attached hydrogens (tertiary/aromatic N) is 2. The lowest BCUT2D eigenvalue weighted by Gasteiger charge is -2.19. The maximum absolute atomic E-state index is 11.8. The number of rotatable bonds is 1. The summed E-state index contributed by atoms with van der Waals surface area (Å²) in [5, 5.41) is 2.58. The minimum Gasteiger partial charge on any atom is -0.304 e. The van der Waals surface area contributed by atoms with Crippen LogP contribution in [0.3, 0.4) is 0 Å². The molecule has 0 bridgehead atoms. The van der Waals surface area contributed by atoms with Gasteiger partial charge >= 0.3 is 0 Å². The Kier molecular flexibility index (Phi) is 3.18. The number of hydrogen-bond acceptors (Lipinski definition) is 4. The standard InChI is InChI=1S/C11H12BrN3OS/c1-11(2,3)7-6(12)9(16)15-8(14-7)10-13-4-5-17-10/h4-5H,1-3H3,(H,14,15,16). The molecule has 2 aromatic heterocycles. The number of H-pyrrole nitrogens is 1. The number of thiazole rings is 1. The predicted octanol–water partition coefficient (Wildman–Crippen LogP) is 2.95. The van der Waals surface area contributed by atoms with Crippen LogP contribution in [0, 0.1) is 0 Å². The predicted molar refractivity (Wildman–Crippen MR) is 72.4 cm³/mol. The molecule has 90 valence electrons. The topological polar surface area (TPSA) is 58.6 Å². The number of aromatic amines is 1. The summed E-state index contributed by atoms with van der Waals surface area (Å²) in [5.74, 6) is 0.526. The zero-order valence-corrected chi connectivity index (χ0v) is 12.1. The Labute approximate surface area is 111 Å². The highest BCUT2D eigenvalue weighted by Crippen LogP contribution is 2.27. The van der Waals surface area contributed by atoms with Crippen molar-refractivity contribution in [1.82, 2.24) is 15.0 Å². The lowest BCUT2D eigenvalue weighted by molar-refractivity contribution is 0.562. The maximum Gasteiger partial charge on any atom is 0.265 e. The van der Waals surface area contributed by atoms with Crippen LogP contribution < -0.4 is 5.56 Å². The van der Waals surface area contributed by atoms with Gasteiger partial charge in [0, 0.05) is 17.0 Å². The molecule has 0 fully saturated rings. The minimum atomic E-state index is -0.195. The summed E-state index contributed by atoms with van der Waals surface area (Å²) in [4.78, 5) is 23.2. The van der Waals surface area contributed by atoms with Crippen LogP contribution in [0.1, 0.15) is 26.5 Å². The van der Waals surface area contributed by atoms with Crippen molar-refractivity contribution >= 4 is 27.3 Å². The Balaban J connectivity index is 2.67. The fourth-order valence-corrected chi connectivity index (χ4v) is 2.76. The van der Waals surface area contributed by atoms with Crippen molar-refractivity contribution in [3.8, 4) is 10.8 Å². The van der Waals surface area contributed by atoms with Crippen molar-refractivity contribution in [2.24, 2.45) is 0 Å². The third-order valence-electron chi connectivity index (χ3n) is 2.21. The fourth-order valence-electron chi connectivity index (χ4n) is 1.40. The molecule has 0 unspecified atom stereocenters. The summed E-state index contributed by atoms with van der Waals surface area (Å²) in [6, 6.07) is 0. The summed E-state index contributed by atoms with van der Waals surface area (Å²) in [5.41, 5.74) is 0.376. The molecular formula is C11H12BrN3OS. The quantitative estimate of drug-likeness (QED) is 0.880. The van der Waals surface area contributed by atoms with Crippen LogP contribution in [0.15, 0.2) is 20.8 Å². The second-order valence-corrected chi connectivity index (χ2v) is 6.35. The van der Waals surface area contributed by atoms with Crippen molar-refractivity contribution in [2.75, 3.05) is 0 Å². The van der Waals surface area contributed by atoms with Crippen LogP contribution in [0.4, 0.5) is 0 Å². The largest absolute Gasteiger partial charge is 0.304 e. The Hall–Kier alpha value is -1.01. The van der Waals surface area contributed by atoms with Crippen LogP contribution in [0.2, 0.25) is 0 Å². The molecule has 0 aliphatic carbocycles. The summed E-state index contributed by atoms with van der Waals surface area (Å²) < 4.78 is 0.491. The Morgan fingerprint density at radius 1 is 1.41 bits per heavy atom. The molecule has 0 atom stereocenters. The molecule has 17 heavy (non-hydrogen) atoms. The molecular weight excluding hydrogens is 302 g/mol. The van der Waals surface area contributed by atoms with Gasteiger partial charge < -0.3 is 4.98 Å². The van der Waals surface area contributed by atoms with E-state index in [1.807, 2.05) is 26.2 Å². The van der Waals surface area contributed by atoms with Crippen LogP contribution in [0.25, 0.3) is 10.8 Å². The molecule has 1 N–H and O–H groups in total. The van der Waals surface area contributed by atoms with E-state index in [2.05, 4.69) is 30.9 Å². The lowest BCUT2D eigenvalue weighted by atomic mass is 9.92. The van der Waals surface area contributed by atoms with E-state index in [1.54, 1.807) is 6.20 Å². The third-order valence-corrected chi connectivity index (χ3v) is 3.72.